The Hall–Kier alpha value is -3.48. The maximum atomic E-state index is 13.0. The van der Waals surface area contributed by atoms with Gasteiger partial charge < -0.3 is 9.15 Å². The Morgan fingerprint density at radius 3 is 2.70 bits per heavy atom. The Bertz CT molecular complexity index is 1420. The summed E-state index contributed by atoms with van der Waals surface area (Å²) in [6.07, 6.45) is 1.59. The fourth-order valence-electron chi connectivity index (χ4n) is 3.81. The highest BCUT2D eigenvalue weighted by molar-refractivity contribution is 8.18. The van der Waals surface area contributed by atoms with Crippen LogP contribution >= 0.6 is 23.4 Å². The van der Waals surface area contributed by atoms with E-state index in [0.29, 0.717) is 32.8 Å². The van der Waals surface area contributed by atoms with E-state index in [1.165, 1.54) is 4.90 Å². The van der Waals surface area contributed by atoms with Crippen LogP contribution < -0.4 is 4.74 Å². The van der Waals surface area contributed by atoms with Crippen molar-refractivity contribution in [1.82, 2.24) is 4.90 Å². The molecule has 4 aromatic rings. The Morgan fingerprint density at radius 2 is 1.85 bits per heavy atom. The molecule has 0 saturated carbocycles. The van der Waals surface area contributed by atoms with Crippen LogP contribution in [0, 0.1) is 0 Å². The van der Waals surface area contributed by atoms with Crippen molar-refractivity contribution in [2.75, 3.05) is 7.11 Å². The van der Waals surface area contributed by atoms with Crippen LogP contribution in [-0.2, 0) is 11.3 Å². The van der Waals surface area contributed by atoms with Crippen molar-refractivity contribution < 1.29 is 18.7 Å². The van der Waals surface area contributed by atoms with Gasteiger partial charge in [0.1, 0.15) is 17.3 Å². The summed E-state index contributed by atoms with van der Waals surface area (Å²) >= 11 is 7.03. The molecule has 164 valence electrons. The lowest BCUT2D eigenvalue weighted by Gasteiger charge is -2.14. The second kappa shape index (κ2) is 8.81. The smallest absolute Gasteiger partial charge is 0.293 e. The molecular formula is C26H18ClNO4S. The molecule has 5 rings (SSSR count). The highest BCUT2D eigenvalue weighted by atomic mass is 35.5. The number of ether oxygens (including phenoxy) is 1. The van der Waals surface area contributed by atoms with Gasteiger partial charge in [-0.3, -0.25) is 14.5 Å². The maximum absolute atomic E-state index is 13.0. The van der Waals surface area contributed by atoms with E-state index in [-0.39, 0.29) is 17.7 Å². The summed E-state index contributed by atoms with van der Waals surface area (Å²) in [6.45, 7) is 0.215. The predicted octanol–water partition coefficient (Wildman–Crippen LogP) is 7.00. The van der Waals surface area contributed by atoms with E-state index in [1.807, 2.05) is 42.5 Å². The number of hydrogen-bond donors (Lipinski definition) is 0. The van der Waals surface area contributed by atoms with E-state index in [9.17, 15) is 9.59 Å². The highest BCUT2D eigenvalue weighted by Crippen LogP contribution is 2.37. The second-order valence-corrected chi connectivity index (χ2v) is 8.88. The zero-order valence-electron chi connectivity index (χ0n) is 17.6. The van der Waals surface area contributed by atoms with Crippen LogP contribution in [0.4, 0.5) is 4.79 Å². The molecule has 5 nitrogen and oxygen atoms in total. The largest absolute Gasteiger partial charge is 0.496 e. The third-order valence-corrected chi connectivity index (χ3v) is 6.55. The number of methoxy groups -OCH3 is 1. The summed E-state index contributed by atoms with van der Waals surface area (Å²) in [7, 11) is 1.57. The first kappa shape index (κ1) is 21.4. The van der Waals surface area contributed by atoms with E-state index in [0.717, 1.165) is 28.1 Å². The quantitative estimate of drug-likeness (QED) is 0.291. The zero-order valence-corrected chi connectivity index (χ0v) is 19.2. The number of hydrogen-bond acceptors (Lipinski definition) is 5. The average Bonchev–Trinajstić information content (AvgIpc) is 3.39. The van der Waals surface area contributed by atoms with E-state index < -0.39 is 0 Å². The Kier molecular flexibility index (Phi) is 5.70. The number of thioether (sulfide) groups is 1. The molecule has 1 fully saturated rings. The van der Waals surface area contributed by atoms with Crippen LogP contribution in [0.5, 0.6) is 5.75 Å². The van der Waals surface area contributed by atoms with Crippen molar-refractivity contribution in [2.24, 2.45) is 0 Å². The van der Waals surface area contributed by atoms with Crippen molar-refractivity contribution in [3.63, 3.8) is 0 Å². The van der Waals surface area contributed by atoms with Gasteiger partial charge >= 0.3 is 0 Å². The SMILES string of the molecule is COc1ccc(Cl)cc1-c1ccc(/C=C2/SC(=O)N(Cc3cccc4ccccc34)C2=O)o1. The molecule has 0 atom stereocenters. The van der Waals surface area contributed by atoms with Gasteiger partial charge in [0.2, 0.25) is 0 Å². The van der Waals surface area contributed by atoms with E-state index in [2.05, 4.69) is 0 Å². The molecule has 0 unspecified atom stereocenters. The van der Waals surface area contributed by atoms with Crippen molar-refractivity contribution in [2.45, 2.75) is 6.54 Å². The first-order valence-corrected chi connectivity index (χ1v) is 11.4. The molecule has 0 spiro atoms. The van der Waals surface area contributed by atoms with E-state index in [1.54, 1.807) is 43.5 Å². The molecule has 33 heavy (non-hydrogen) atoms. The highest BCUT2D eigenvalue weighted by Gasteiger charge is 2.35. The van der Waals surface area contributed by atoms with Gasteiger partial charge in [0, 0.05) is 11.1 Å². The molecule has 1 saturated heterocycles. The van der Waals surface area contributed by atoms with Crippen LogP contribution in [0.3, 0.4) is 0 Å². The van der Waals surface area contributed by atoms with Gasteiger partial charge in [0.25, 0.3) is 11.1 Å². The zero-order chi connectivity index (χ0) is 22.9. The maximum Gasteiger partial charge on any atom is 0.293 e. The number of rotatable bonds is 5. The number of halogens is 1. The Balaban J connectivity index is 1.41. The van der Waals surface area contributed by atoms with Gasteiger partial charge in [-0.05, 0) is 58.4 Å². The summed E-state index contributed by atoms with van der Waals surface area (Å²) in [5.74, 6) is 1.30. The minimum atomic E-state index is -0.337. The molecule has 1 aromatic heterocycles. The van der Waals surface area contributed by atoms with Crippen molar-refractivity contribution >= 4 is 51.4 Å². The number of furan rings is 1. The monoisotopic (exact) mass is 475 g/mol. The lowest BCUT2D eigenvalue weighted by Crippen LogP contribution is -2.27. The molecule has 3 aromatic carbocycles. The number of imide groups is 1. The number of carbonyl (C=O) groups excluding carboxylic acids is 2. The first-order chi connectivity index (χ1) is 16.0. The fraction of sp³-hybridized carbons (Fsp3) is 0.0769. The second-order valence-electron chi connectivity index (χ2n) is 7.45. The lowest BCUT2D eigenvalue weighted by molar-refractivity contribution is -0.123. The van der Waals surface area contributed by atoms with Crippen molar-refractivity contribution in [3.05, 3.63) is 94.0 Å². The van der Waals surface area contributed by atoms with Crippen LogP contribution in [-0.4, -0.2) is 23.2 Å². The Labute approximate surface area is 199 Å². The molecule has 0 aliphatic carbocycles. The van der Waals surface area contributed by atoms with Crippen LogP contribution in [0.15, 0.2) is 82.1 Å². The van der Waals surface area contributed by atoms with Crippen molar-refractivity contribution in [3.8, 4) is 17.1 Å². The first-order valence-electron chi connectivity index (χ1n) is 10.2. The lowest BCUT2D eigenvalue weighted by atomic mass is 10.0. The van der Waals surface area contributed by atoms with Crippen molar-refractivity contribution in [1.29, 1.82) is 0 Å². The number of amides is 2. The molecule has 7 heteroatoms. The van der Waals surface area contributed by atoms with Crippen LogP contribution in [0.25, 0.3) is 28.2 Å². The Morgan fingerprint density at radius 1 is 1.03 bits per heavy atom. The summed E-state index contributed by atoms with van der Waals surface area (Å²) in [5, 5.41) is 2.34. The van der Waals surface area contributed by atoms with E-state index >= 15 is 0 Å². The van der Waals surface area contributed by atoms with Gasteiger partial charge in [0.15, 0.2) is 0 Å². The molecule has 0 N–H and O–H groups in total. The normalized spacial score (nSPS) is 15.1. The summed E-state index contributed by atoms with van der Waals surface area (Å²) in [6, 6.07) is 22.6. The van der Waals surface area contributed by atoms with Gasteiger partial charge in [-0.2, -0.15) is 0 Å². The topological polar surface area (TPSA) is 59.8 Å². The van der Waals surface area contributed by atoms with Crippen LogP contribution in [0.2, 0.25) is 5.02 Å². The van der Waals surface area contributed by atoms with Gasteiger partial charge in [-0.1, -0.05) is 54.1 Å². The molecule has 1 aliphatic heterocycles. The average molecular weight is 476 g/mol. The molecule has 2 amide bonds. The number of benzene rings is 3. The molecular weight excluding hydrogens is 458 g/mol. The fourth-order valence-corrected chi connectivity index (χ4v) is 4.80. The third kappa shape index (κ3) is 4.15. The minimum Gasteiger partial charge on any atom is -0.496 e. The summed E-state index contributed by atoms with van der Waals surface area (Å²) < 4.78 is 11.3. The predicted molar refractivity (Wildman–Crippen MR) is 131 cm³/mol. The molecule has 1 aliphatic rings. The third-order valence-electron chi connectivity index (χ3n) is 5.41. The molecule has 2 heterocycles. The van der Waals surface area contributed by atoms with Crippen LogP contribution in [0.1, 0.15) is 11.3 Å². The summed E-state index contributed by atoms with van der Waals surface area (Å²) in [4.78, 5) is 27.2. The van der Waals surface area contributed by atoms with Gasteiger partial charge in [-0.15, -0.1) is 0 Å². The number of nitrogens with zero attached hydrogens (tertiary/aromatic N) is 1. The standard InChI is InChI=1S/C26H18ClNO4S/c1-31-22-11-9-18(27)13-21(22)23-12-10-19(32-23)14-24-25(29)28(26(30)33-24)15-17-7-4-6-16-5-2-3-8-20(16)17/h2-14H,15H2,1H3/b24-14+. The van der Waals surface area contributed by atoms with Gasteiger partial charge in [-0.25, -0.2) is 0 Å². The minimum absolute atomic E-state index is 0.215. The number of fused-ring (bicyclic) bond motifs is 1. The van der Waals surface area contributed by atoms with Gasteiger partial charge in [0.05, 0.1) is 24.1 Å². The molecule has 0 radical (unpaired) electrons. The summed E-state index contributed by atoms with van der Waals surface area (Å²) in [5.41, 5.74) is 1.62. The molecule has 0 bridgehead atoms. The number of carbonyl (C=O) groups is 2. The van der Waals surface area contributed by atoms with E-state index in [4.69, 9.17) is 20.8 Å².